The first-order valence-electron chi connectivity index (χ1n) is 6.86. The third-order valence-electron chi connectivity index (χ3n) is 3.63. The minimum atomic E-state index is 0. The summed E-state index contributed by atoms with van der Waals surface area (Å²) in [5.74, 6) is 0.589. The SMILES string of the molecule is CCCCNC(N)=NCC1(c2ccccc2)CC1.I. The average molecular weight is 373 g/mol. The fraction of sp³-hybridized carbons (Fsp3) is 0.533. The molecule has 0 saturated heterocycles. The summed E-state index contributed by atoms with van der Waals surface area (Å²) in [6.07, 6.45) is 4.76. The van der Waals surface area contributed by atoms with Crippen molar-refractivity contribution in [3.63, 3.8) is 0 Å². The second-order valence-electron chi connectivity index (χ2n) is 5.13. The number of nitrogens with two attached hydrogens (primary N) is 1. The summed E-state index contributed by atoms with van der Waals surface area (Å²) in [7, 11) is 0. The molecule has 2 rings (SSSR count). The highest BCUT2D eigenvalue weighted by atomic mass is 127. The molecule has 1 saturated carbocycles. The molecular weight excluding hydrogens is 349 g/mol. The third kappa shape index (κ3) is 4.67. The molecule has 1 aliphatic rings. The van der Waals surface area contributed by atoms with Gasteiger partial charge in [-0.15, -0.1) is 24.0 Å². The number of aliphatic imine (C=N–C) groups is 1. The highest BCUT2D eigenvalue weighted by Crippen LogP contribution is 2.48. The molecule has 106 valence electrons. The van der Waals surface area contributed by atoms with Gasteiger partial charge in [0, 0.05) is 12.0 Å². The molecule has 0 bridgehead atoms. The number of guanidine groups is 1. The lowest BCUT2D eigenvalue weighted by Crippen LogP contribution is -2.33. The Kier molecular flexibility index (Phi) is 6.62. The van der Waals surface area contributed by atoms with Crippen LogP contribution in [0.1, 0.15) is 38.2 Å². The van der Waals surface area contributed by atoms with Crippen molar-refractivity contribution in [1.82, 2.24) is 5.32 Å². The molecule has 4 heteroatoms. The summed E-state index contributed by atoms with van der Waals surface area (Å²) in [4.78, 5) is 4.49. The normalized spacial score (nSPS) is 16.6. The molecule has 0 unspecified atom stereocenters. The molecule has 1 fully saturated rings. The smallest absolute Gasteiger partial charge is 0.188 e. The zero-order valence-corrected chi connectivity index (χ0v) is 13.9. The van der Waals surface area contributed by atoms with Crippen molar-refractivity contribution in [3.8, 4) is 0 Å². The lowest BCUT2D eigenvalue weighted by Gasteiger charge is -2.13. The van der Waals surface area contributed by atoms with Crippen LogP contribution in [0.5, 0.6) is 0 Å². The van der Waals surface area contributed by atoms with Gasteiger partial charge in [0.1, 0.15) is 0 Å². The molecule has 19 heavy (non-hydrogen) atoms. The Bertz CT molecular complexity index is 399. The lowest BCUT2D eigenvalue weighted by molar-refractivity contribution is 0.694. The molecule has 0 aromatic heterocycles. The van der Waals surface area contributed by atoms with Gasteiger partial charge < -0.3 is 11.1 Å². The number of rotatable bonds is 6. The number of halogens is 1. The van der Waals surface area contributed by atoms with Gasteiger partial charge in [-0.05, 0) is 24.8 Å². The van der Waals surface area contributed by atoms with E-state index < -0.39 is 0 Å². The maximum absolute atomic E-state index is 5.87. The van der Waals surface area contributed by atoms with Gasteiger partial charge in [-0.25, -0.2) is 0 Å². The van der Waals surface area contributed by atoms with E-state index in [-0.39, 0.29) is 29.4 Å². The first kappa shape index (κ1) is 16.3. The summed E-state index contributed by atoms with van der Waals surface area (Å²) < 4.78 is 0. The summed E-state index contributed by atoms with van der Waals surface area (Å²) in [6, 6.07) is 10.7. The Morgan fingerprint density at radius 3 is 2.58 bits per heavy atom. The number of unbranched alkanes of at least 4 members (excludes halogenated alkanes) is 1. The Morgan fingerprint density at radius 2 is 2.00 bits per heavy atom. The number of nitrogens with zero attached hydrogens (tertiary/aromatic N) is 1. The zero-order chi connectivity index (χ0) is 12.8. The van der Waals surface area contributed by atoms with Crippen LogP contribution in [0.4, 0.5) is 0 Å². The van der Waals surface area contributed by atoms with E-state index in [1.807, 2.05) is 0 Å². The van der Waals surface area contributed by atoms with Crippen LogP contribution in [0.2, 0.25) is 0 Å². The summed E-state index contributed by atoms with van der Waals surface area (Å²) in [5, 5.41) is 3.16. The molecule has 3 N–H and O–H groups in total. The van der Waals surface area contributed by atoms with Crippen LogP contribution in [0.25, 0.3) is 0 Å². The summed E-state index contributed by atoms with van der Waals surface area (Å²) in [6.45, 7) is 3.90. The van der Waals surface area contributed by atoms with Crippen molar-refractivity contribution in [1.29, 1.82) is 0 Å². The second-order valence-corrected chi connectivity index (χ2v) is 5.13. The molecule has 1 aliphatic carbocycles. The third-order valence-corrected chi connectivity index (χ3v) is 3.63. The van der Waals surface area contributed by atoms with Crippen LogP contribution >= 0.6 is 24.0 Å². The van der Waals surface area contributed by atoms with E-state index in [2.05, 4.69) is 47.6 Å². The quantitative estimate of drug-likeness (QED) is 0.349. The molecule has 0 aliphatic heterocycles. The Hall–Kier alpha value is -0.780. The Balaban J connectivity index is 0.00000180. The van der Waals surface area contributed by atoms with Crippen LogP contribution in [0.15, 0.2) is 35.3 Å². The van der Waals surface area contributed by atoms with Gasteiger partial charge in [-0.3, -0.25) is 4.99 Å². The van der Waals surface area contributed by atoms with E-state index in [4.69, 9.17) is 5.73 Å². The molecule has 0 heterocycles. The van der Waals surface area contributed by atoms with Crippen molar-refractivity contribution in [2.24, 2.45) is 10.7 Å². The molecule has 3 nitrogen and oxygen atoms in total. The lowest BCUT2D eigenvalue weighted by atomic mass is 9.96. The van der Waals surface area contributed by atoms with Gasteiger partial charge >= 0.3 is 0 Å². The second kappa shape index (κ2) is 7.72. The molecule has 1 aromatic rings. The van der Waals surface area contributed by atoms with E-state index in [9.17, 15) is 0 Å². The fourth-order valence-corrected chi connectivity index (χ4v) is 2.17. The minimum Gasteiger partial charge on any atom is -0.370 e. The number of hydrogen-bond acceptors (Lipinski definition) is 1. The minimum absolute atomic E-state index is 0. The average Bonchev–Trinajstić information content (AvgIpc) is 3.19. The maximum atomic E-state index is 5.87. The van der Waals surface area contributed by atoms with Gasteiger partial charge in [0.2, 0.25) is 0 Å². The van der Waals surface area contributed by atoms with E-state index in [1.54, 1.807) is 0 Å². The van der Waals surface area contributed by atoms with Gasteiger partial charge in [0.15, 0.2) is 5.96 Å². The van der Waals surface area contributed by atoms with Crippen LogP contribution in [0.3, 0.4) is 0 Å². The molecule has 0 amide bonds. The molecule has 0 atom stereocenters. The zero-order valence-electron chi connectivity index (χ0n) is 11.6. The van der Waals surface area contributed by atoms with Gasteiger partial charge in [-0.2, -0.15) is 0 Å². The topological polar surface area (TPSA) is 50.4 Å². The molecule has 0 spiro atoms. The first-order valence-corrected chi connectivity index (χ1v) is 6.86. The Labute approximate surface area is 133 Å². The van der Waals surface area contributed by atoms with E-state index in [0.29, 0.717) is 5.96 Å². The highest BCUT2D eigenvalue weighted by molar-refractivity contribution is 14.0. The van der Waals surface area contributed by atoms with Gasteiger partial charge in [0.05, 0.1) is 6.54 Å². The standard InChI is InChI=1S/C15H23N3.HI/c1-2-3-11-17-14(16)18-12-15(9-10-15)13-7-5-4-6-8-13;/h4-8H,2-3,9-12H2,1H3,(H3,16,17,18);1H. The van der Waals surface area contributed by atoms with Gasteiger partial charge in [-0.1, -0.05) is 43.7 Å². The predicted octanol–water partition coefficient (Wildman–Crippen LogP) is 3.04. The van der Waals surface area contributed by atoms with Crippen LogP contribution in [-0.2, 0) is 5.41 Å². The van der Waals surface area contributed by atoms with Crippen molar-refractivity contribution < 1.29 is 0 Å². The van der Waals surface area contributed by atoms with E-state index in [1.165, 1.54) is 24.8 Å². The largest absolute Gasteiger partial charge is 0.370 e. The number of nitrogens with one attached hydrogen (secondary N) is 1. The highest BCUT2D eigenvalue weighted by Gasteiger charge is 2.43. The number of benzene rings is 1. The van der Waals surface area contributed by atoms with Crippen molar-refractivity contribution in [2.75, 3.05) is 13.1 Å². The van der Waals surface area contributed by atoms with Crippen LogP contribution in [-0.4, -0.2) is 19.0 Å². The number of hydrogen-bond donors (Lipinski definition) is 2. The van der Waals surface area contributed by atoms with E-state index in [0.717, 1.165) is 19.5 Å². The fourth-order valence-electron chi connectivity index (χ4n) is 2.17. The van der Waals surface area contributed by atoms with Crippen molar-refractivity contribution in [3.05, 3.63) is 35.9 Å². The molecule has 0 radical (unpaired) electrons. The van der Waals surface area contributed by atoms with Crippen LogP contribution < -0.4 is 11.1 Å². The summed E-state index contributed by atoms with van der Waals surface area (Å²) in [5.41, 5.74) is 7.53. The van der Waals surface area contributed by atoms with Crippen LogP contribution in [0, 0.1) is 0 Å². The van der Waals surface area contributed by atoms with Crippen molar-refractivity contribution in [2.45, 2.75) is 38.0 Å². The van der Waals surface area contributed by atoms with Gasteiger partial charge in [0.25, 0.3) is 0 Å². The monoisotopic (exact) mass is 373 g/mol. The first-order chi connectivity index (χ1) is 8.77. The Morgan fingerprint density at radius 1 is 1.32 bits per heavy atom. The maximum Gasteiger partial charge on any atom is 0.188 e. The van der Waals surface area contributed by atoms with E-state index >= 15 is 0 Å². The predicted molar refractivity (Wildman–Crippen MR) is 92.2 cm³/mol. The van der Waals surface area contributed by atoms with Crippen molar-refractivity contribution >= 4 is 29.9 Å². The molecule has 1 aromatic carbocycles. The summed E-state index contributed by atoms with van der Waals surface area (Å²) >= 11 is 0. The molecular formula is C15H24IN3.